The number of nitrogens with zero attached hydrogens (tertiary/aromatic N) is 3. The van der Waals surface area contributed by atoms with E-state index in [4.69, 9.17) is 19.4 Å². The minimum atomic E-state index is 0.528. The molecule has 0 amide bonds. The van der Waals surface area contributed by atoms with Gasteiger partial charge in [0, 0.05) is 28.3 Å². The Morgan fingerprint density at radius 1 is 0.380 bits per heavy atom. The number of hydrogen-bond donors (Lipinski definition) is 0. The van der Waals surface area contributed by atoms with Gasteiger partial charge in [-0.25, -0.2) is 15.0 Å². The molecule has 4 nitrogen and oxygen atoms in total. The van der Waals surface area contributed by atoms with Crippen molar-refractivity contribution in [2.45, 2.75) is 6.42 Å². The first-order valence-electron chi connectivity index (χ1n) is 16.9. The Labute approximate surface area is 288 Å². The monoisotopic (exact) mass is 639 g/mol. The van der Waals surface area contributed by atoms with E-state index in [9.17, 15) is 0 Å². The largest absolute Gasteiger partial charge is 0.456 e. The molecule has 0 aliphatic heterocycles. The second kappa shape index (κ2) is 11.5. The van der Waals surface area contributed by atoms with Gasteiger partial charge in [0.1, 0.15) is 17.0 Å². The number of furan rings is 1. The van der Waals surface area contributed by atoms with Crippen LogP contribution < -0.4 is 0 Å². The van der Waals surface area contributed by atoms with Gasteiger partial charge < -0.3 is 4.42 Å². The second-order valence-electron chi connectivity index (χ2n) is 12.8. The van der Waals surface area contributed by atoms with Crippen molar-refractivity contribution in [2.75, 3.05) is 0 Å². The quantitative estimate of drug-likeness (QED) is 0.176. The molecule has 4 heteroatoms. The summed E-state index contributed by atoms with van der Waals surface area (Å²) < 4.78 is 6.40. The Bertz CT molecular complexity index is 2910. The molecular formula is C46H29N3O. The maximum absolute atomic E-state index is 6.40. The van der Waals surface area contributed by atoms with Crippen molar-refractivity contribution in [1.82, 2.24) is 15.0 Å². The molecule has 0 spiro atoms. The molecule has 0 aliphatic carbocycles. The molecule has 0 saturated heterocycles. The average Bonchev–Trinajstić information content (AvgIpc) is 3.56. The molecule has 0 radical (unpaired) electrons. The van der Waals surface area contributed by atoms with Crippen molar-refractivity contribution in [3.8, 4) is 33.9 Å². The zero-order chi connectivity index (χ0) is 33.0. The Balaban J connectivity index is 1.10. The van der Waals surface area contributed by atoms with Crippen LogP contribution in [0.25, 0.3) is 88.2 Å². The molecule has 0 aliphatic rings. The lowest BCUT2D eigenvalue weighted by atomic mass is 9.98. The number of hydrogen-bond acceptors (Lipinski definition) is 4. The molecular weight excluding hydrogens is 611 g/mol. The first kappa shape index (κ1) is 28.4. The van der Waals surface area contributed by atoms with E-state index >= 15 is 0 Å². The molecule has 0 saturated carbocycles. The predicted octanol–water partition coefficient (Wildman–Crippen LogP) is 11.8. The van der Waals surface area contributed by atoms with Gasteiger partial charge in [0.25, 0.3) is 0 Å². The highest BCUT2D eigenvalue weighted by Crippen LogP contribution is 2.36. The maximum atomic E-state index is 6.40. The molecule has 2 heterocycles. The molecule has 0 bridgehead atoms. The number of aromatic nitrogens is 3. The fourth-order valence-electron chi connectivity index (χ4n) is 7.26. The van der Waals surface area contributed by atoms with Crippen molar-refractivity contribution in [1.29, 1.82) is 0 Å². The van der Waals surface area contributed by atoms with Crippen LogP contribution in [-0.4, -0.2) is 15.0 Å². The van der Waals surface area contributed by atoms with E-state index in [1.807, 2.05) is 36.4 Å². The van der Waals surface area contributed by atoms with Gasteiger partial charge in [0.05, 0.1) is 0 Å². The highest BCUT2D eigenvalue weighted by Gasteiger charge is 2.17. The van der Waals surface area contributed by atoms with Crippen LogP contribution in [0.1, 0.15) is 11.4 Å². The van der Waals surface area contributed by atoms with E-state index in [1.165, 1.54) is 32.5 Å². The van der Waals surface area contributed by atoms with E-state index < -0.39 is 0 Å². The van der Waals surface area contributed by atoms with E-state index in [0.29, 0.717) is 23.9 Å². The molecule has 10 aromatic rings. The summed E-state index contributed by atoms with van der Waals surface area (Å²) in [6.07, 6.45) is 0.528. The highest BCUT2D eigenvalue weighted by atomic mass is 16.3. The summed E-state index contributed by atoms with van der Waals surface area (Å²) in [6, 6.07) is 57.4. The van der Waals surface area contributed by atoms with Crippen LogP contribution >= 0.6 is 0 Å². The van der Waals surface area contributed by atoms with Crippen LogP contribution in [0.2, 0.25) is 0 Å². The van der Waals surface area contributed by atoms with Crippen LogP contribution in [0.3, 0.4) is 0 Å². The van der Waals surface area contributed by atoms with Crippen molar-refractivity contribution in [3.63, 3.8) is 0 Å². The van der Waals surface area contributed by atoms with Gasteiger partial charge in [-0.2, -0.15) is 0 Å². The van der Waals surface area contributed by atoms with Gasteiger partial charge >= 0.3 is 0 Å². The third-order valence-electron chi connectivity index (χ3n) is 9.73. The van der Waals surface area contributed by atoms with Crippen LogP contribution in [0, 0.1) is 0 Å². The van der Waals surface area contributed by atoms with E-state index in [1.54, 1.807) is 0 Å². The smallest absolute Gasteiger partial charge is 0.163 e. The van der Waals surface area contributed by atoms with Crippen LogP contribution in [0.4, 0.5) is 0 Å². The lowest BCUT2D eigenvalue weighted by molar-refractivity contribution is 0.668. The zero-order valence-electron chi connectivity index (χ0n) is 27.0. The zero-order valence-corrected chi connectivity index (χ0v) is 27.0. The molecule has 10 rings (SSSR count). The van der Waals surface area contributed by atoms with Gasteiger partial charge in [-0.05, 0) is 79.3 Å². The molecule has 0 N–H and O–H groups in total. The van der Waals surface area contributed by atoms with Crippen molar-refractivity contribution in [3.05, 3.63) is 175 Å². The third-order valence-corrected chi connectivity index (χ3v) is 9.73. The normalized spacial score (nSPS) is 11.7. The standard InChI is InChI=1S/C46H29N3O/c1-2-11-31(12-3-1)45-47-43(48-46(49-45)37-21-23-39-35(26-37)20-18-30-10-6-7-15-38(30)39)28-36-14-8-16-42-44(36)40-27-34(22-24-41(40)50-42)33-19-17-29-9-4-5-13-32(29)25-33/h1-27H,28H2. The van der Waals surface area contributed by atoms with Gasteiger partial charge in [-0.3, -0.25) is 0 Å². The number of fused-ring (bicyclic) bond motifs is 7. The molecule has 234 valence electrons. The highest BCUT2D eigenvalue weighted by molar-refractivity contribution is 6.09. The van der Waals surface area contributed by atoms with Gasteiger partial charge in [-0.15, -0.1) is 0 Å². The SMILES string of the molecule is c1ccc(-c2nc(Cc3cccc4oc5ccc(-c6ccc7ccccc7c6)cc5c34)nc(-c3ccc4c(ccc5ccccc54)c3)n2)cc1. The average molecular weight is 640 g/mol. The maximum Gasteiger partial charge on any atom is 0.163 e. The number of benzene rings is 8. The Hall–Kier alpha value is -6.65. The summed E-state index contributed by atoms with van der Waals surface area (Å²) in [5.41, 5.74) is 7.07. The summed E-state index contributed by atoms with van der Waals surface area (Å²) in [5, 5.41) is 9.47. The lowest BCUT2D eigenvalue weighted by Gasteiger charge is -2.10. The Kier molecular flexibility index (Phi) is 6.53. The van der Waals surface area contributed by atoms with E-state index in [2.05, 4.69) is 127 Å². The predicted molar refractivity (Wildman–Crippen MR) is 205 cm³/mol. The van der Waals surface area contributed by atoms with E-state index in [-0.39, 0.29) is 0 Å². The Morgan fingerprint density at radius 2 is 1.04 bits per heavy atom. The molecule has 0 unspecified atom stereocenters. The molecule has 0 atom stereocenters. The fraction of sp³-hybridized carbons (Fsp3) is 0.0217. The topological polar surface area (TPSA) is 51.8 Å². The summed E-state index contributed by atoms with van der Waals surface area (Å²) in [7, 11) is 0. The van der Waals surface area contributed by atoms with Crippen molar-refractivity contribution >= 4 is 54.3 Å². The summed E-state index contributed by atoms with van der Waals surface area (Å²) >= 11 is 0. The fourth-order valence-corrected chi connectivity index (χ4v) is 7.26. The van der Waals surface area contributed by atoms with Crippen molar-refractivity contribution in [2.24, 2.45) is 0 Å². The summed E-state index contributed by atoms with van der Waals surface area (Å²) in [4.78, 5) is 15.2. The second-order valence-corrected chi connectivity index (χ2v) is 12.8. The molecule has 2 aromatic heterocycles. The number of rotatable bonds is 5. The summed E-state index contributed by atoms with van der Waals surface area (Å²) in [6.45, 7) is 0. The van der Waals surface area contributed by atoms with Crippen LogP contribution in [0.15, 0.2) is 168 Å². The van der Waals surface area contributed by atoms with Crippen molar-refractivity contribution < 1.29 is 4.42 Å². The molecule has 50 heavy (non-hydrogen) atoms. The molecule has 0 fully saturated rings. The lowest BCUT2D eigenvalue weighted by Crippen LogP contribution is -2.04. The summed E-state index contributed by atoms with van der Waals surface area (Å²) in [5.74, 6) is 2.03. The minimum absolute atomic E-state index is 0.528. The first-order chi connectivity index (χ1) is 24.7. The minimum Gasteiger partial charge on any atom is -0.456 e. The van der Waals surface area contributed by atoms with Gasteiger partial charge in [0.15, 0.2) is 11.6 Å². The van der Waals surface area contributed by atoms with Crippen LogP contribution in [-0.2, 0) is 6.42 Å². The molecule has 8 aromatic carbocycles. The van der Waals surface area contributed by atoms with E-state index in [0.717, 1.165) is 49.6 Å². The van der Waals surface area contributed by atoms with Gasteiger partial charge in [-0.1, -0.05) is 133 Å². The third kappa shape index (κ3) is 4.89. The Morgan fingerprint density at radius 3 is 1.94 bits per heavy atom. The van der Waals surface area contributed by atoms with Gasteiger partial charge in [0.2, 0.25) is 0 Å². The first-order valence-corrected chi connectivity index (χ1v) is 16.9. The van der Waals surface area contributed by atoms with Crippen LogP contribution in [0.5, 0.6) is 0 Å².